The van der Waals surface area contributed by atoms with Gasteiger partial charge in [-0.05, 0) is 40.2 Å². The van der Waals surface area contributed by atoms with Gasteiger partial charge in [-0.2, -0.15) is 0 Å². The van der Waals surface area contributed by atoms with Crippen LogP contribution >= 0.6 is 0 Å². The molecule has 18 heavy (non-hydrogen) atoms. The van der Waals surface area contributed by atoms with Gasteiger partial charge in [0.05, 0.1) is 0 Å². The van der Waals surface area contributed by atoms with Crippen molar-refractivity contribution in [3.8, 4) is 0 Å². The van der Waals surface area contributed by atoms with E-state index in [2.05, 4.69) is 17.6 Å². The van der Waals surface area contributed by atoms with Gasteiger partial charge in [0.25, 0.3) is 0 Å². The smallest absolute Gasteiger partial charge is 0.407 e. The number of ether oxygens (including phenoxy) is 2. The topological polar surface area (TPSA) is 59.6 Å². The molecule has 0 fully saturated rings. The zero-order valence-corrected chi connectivity index (χ0v) is 12.5. The van der Waals surface area contributed by atoms with Gasteiger partial charge < -0.3 is 20.1 Å². The second-order valence-electron chi connectivity index (χ2n) is 5.77. The lowest BCUT2D eigenvalue weighted by Crippen LogP contribution is -2.43. The minimum atomic E-state index is -0.454. The summed E-state index contributed by atoms with van der Waals surface area (Å²) in [5.74, 6) is 0.462. The minimum absolute atomic E-state index is 0.0367. The molecule has 5 nitrogen and oxygen atoms in total. The third-order valence-electron chi connectivity index (χ3n) is 2.16. The van der Waals surface area contributed by atoms with Crippen LogP contribution < -0.4 is 10.6 Å². The van der Waals surface area contributed by atoms with Crippen LogP contribution in [0.4, 0.5) is 4.79 Å². The molecule has 0 aromatic heterocycles. The number of amides is 1. The molecule has 2 N–H and O–H groups in total. The van der Waals surface area contributed by atoms with E-state index >= 15 is 0 Å². The van der Waals surface area contributed by atoms with Crippen molar-refractivity contribution in [2.45, 2.75) is 46.3 Å². The highest BCUT2D eigenvalue weighted by atomic mass is 16.6. The Balaban J connectivity index is 3.71. The predicted octanol–water partition coefficient (Wildman–Crippen LogP) is 1.77. The van der Waals surface area contributed by atoms with E-state index in [0.717, 1.165) is 13.2 Å². The molecule has 0 radical (unpaired) electrons. The van der Waals surface area contributed by atoms with Crippen molar-refractivity contribution in [3.63, 3.8) is 0 Å². The van der Waals surface area contributed by atoms with Gasteiger partial charge in [-0.3, -0.25) is 0 Å². The Labute approximate surface area is 111 Å². The highest BCUT2D eigenvalue weighted by molar-refractivity contribution is 5.68. The second-order valence-corrected chi connectivity index (χ2v) is 5.77. The van der Waals surface area contributed by atoms with Crippen molar-refractivity contribution < 1.29 is 14.3 Å². The van der Waals surface area contributed by atoms with Crippen molar-refractivity contribution in [2.75, 3.05) is 26.8 Å². The number of alkyl carbamates (subject to hydrolysis) is 1. The van der Waals surface area contributed by atoms with Crippen LogP contribution in [0.3, 0.4) is 0 Å². The number of carbonyl (C=O) groups is 1. The Morgan fingerprint density at radius 1 is 1.22 bits per heavy atom. The molecule has 0 aromatic carbocycles. The first kappa shape index (κ1) is 17.2. The summed E-state index contributed by atoms with van der Waals surface area (Å²) >= 11 is 0. The van der Waals surface area contributed by atoms with Crippen LogP contribution in [0.2, 0.25) is 0 Å². The molecule has 2 atom stereocenters. The molecule has 0 aliphatic rings. The van der Waals surface area contributed by atoms with E-state index < -0.39 is 5.60 Å². The maximum absolute atomic E-state index is 11.5. The second kappa shape index (κ2) is 8.32. The van der Waals surface area contributed by atoms with E-state index in [1.807, 2.05) is 27.7 Å². The van der Waals surface area contributed by atoms with Crippen LogP contribution in [0.5, 0.6) is 0 Å². The summed E-state index contributed by atoms with van der Waals surface area (Å²) in [7, 11) is 1.70. The summed E-state index contributed by atoms with van der Waals surface area (Å²) in [5, 5.41) is 6.07. The van der Waals surface area contributed by atoms with Gasteiger partial charge in [0, 0.05) is 26.3 Å². The quantitative estimate of drug-likeness (QED) is 0.732. The summed E-state index contributed by atoms with van der Waals surface area (Å²) in [6, 6.07) is 0.0367. The van der Waals surface area contributed by atoms with Gasteiger partial charge in [-0.15, -0.1) is 0 Å². The summed E-state index contributed by atoms with van der Waals surface area (Å²) in [6.07, 6.45) is -0.373. The SMILES string of the molecule is COCC(C)CNCC(C)NC(=O)OC(C)(C)C. The molecule has 0 saturated carbocycles. The van der Waals surface area contributed by atoms with E-state index in [-0.39, 0.29) is 12.1 Å². The molecule has 5 heteroatoms. The van der Waals surface area contributed by atoms with Crippen LogP contribution in [0.1, 0.15) is 34.6 Å². The highest BCUT2D eigenvalue weighted by Crippen LogP contribution is 2.06. The molecule has 0 rings (SSSR count). The first-order chi connectivity index (χ1) is 8.24. The van der Waals surface area contributed by atoms with Gasteiger partial charge >= 0.3 is 6.09 Å². The third kappa shape index (κ3) is 10.4. The summed E-state index contributed by atoms with van der Waals surface area (Å²) < 4.78 is 10.2. The van der Waals surface area contributed by atoms with E-state index in [0.29, 0.717) is 12.5 Å². The Bertz CT molecular complexity index is 239. The molecule has 0 heterocycles. The van der Waals surface area contributed by atoms with Crippen LogP contribution in [-0.2, 0) is 9.47 Å². The first-order valence-corrected chi connectivity index (χ1v) is 6.43. The fraction of sp³-hybridized carbons (Fsp3) is 0.923. The zero-order valence-electron chi connectivity index (χ0n) is 12.5. The molecule has 0 aliphatic carbocycles. The van der Waals surface area contributed by atoms with Crippen LogP contribution in [0.15, 0.2) is 0 Å². The minimum Gasteiger partial charge on any atom is -0.444 e. The number of hydrogen-bond acceptors (Lipinski definition) is 4. The molecule has 0 aromatic rings. The highest BCUT2D eigenvalue weighted by Gasteiger charge is 2.17. The Morgan fingerprint density at radius 2 is 1.83 bits per heavy atom. The van der Waals surface area contributed by atoms with Gasteiger partial charge in [0.2, 0.25) is 0 Å². The first-order valence-electron chi connectivity index (χ1n) is 6.43. The maximum Gasteiger partial charge on any atom is 0.407 e. The third-order valence-corrected chi connectivity index (χ3v) is 2.16. The van der Waals surface area contributed by atoms with Crippen molar-refractivity contribution in [2.24, 2.45) is 5.92 Å². The number of hydrogen-bond donors (Lipinski definition) is 2. The van der Waals surface area contributed by atoms with Gasteiger partial charge in [-0.1, -0.05) is 6.92 Å². The zero-order chi connectivity index (χ0) is 14.2. The molecule has 1 amide bonds. The molecule has 2 unspecified atom stereocenters. The van der Waals surface area contributed by atoms with Gasteiger partial charge in [-0.25, -0.2) is 4.79 Å². The standard InChI is InChI=1S/C13H28N2O3/c1-10(9-17-6)7-14-8-11(2)15-12(16)18-13(3,4)5/h10-11,14H,7-9H2,1-6H3,(H,15,16). The Morgan fingerprint density at radius 3 is 2.33 bits per heavy atom. The Hall–Kier alpha value is -0.810. The van der Waals surface area contributed by atoms with Gasteiger partial charge in [0.15, 0.2) is 0 Å². The van der Waals surface area contributed by atoms with Crippen LogP contribution in [-0.4, -0.2) is 44.5 Å². The lowest BCUT2D eigenvalue weighted by atomic mass is 10.2. The average Bonchev–Trinajstić information content (AvgIpc) is 2.14. The maximum atomic E-state index is 11.5. The monoisotopic (exact) mass is 260 g/mol. The number of nitrogens with one attached hydrogen (secondary N) is 2. The average molecular weight is 260 g/mol. The summed E-state index contributed by atoms with van der Waals surface area (Å²) in [5.41, 5.74) is -0.454. The molecule has 108 valence electrons. The van der Waals surface area contributed by atoms with E-state index in [1.54, 1.807) is 7.11 Å². The molecular weight excluding hydrogens is 232 g/mol. The van der Waals surface area contributed by atoms with Crippen LogP contribution in [0.25, 0.3) is 0 Å². The molecule has 0 aliphatic heterocycles. The fourth-order valence-corrected chi connectivity index (χ4v) is 1.45. The summed E-state index contributed by atoms with van der Waals surface area (Å²) in [6.45, 7) is 11.9. The normalized spacial score (nSPS) is 15.0. The van der Waals surface area contributed by atoms with Gasteiger partial charge in [0.1, 0.15) is 5.60 Å². The molecular formula is C13H28N2O3. The van der Waals surface area contributed by atoms with E-state index in [4.69, 9.17) is 9.47 Å². The van der Waals surface area contributed by atoms with E-state index in [9.17, 15) is 4.79 Å². The summed E-state index contributed by atoms with van der Waals surface area (Å²) in [4.78, 5) is 11.5. The Kier molecular flexibility index (Phi) is 7.95. The fourth-order valence-electron chi connectivity index (χ4n) is 1.45. The largest absolute Gasteiger partial charge is 0.444 e. The molecule has 0 saturated heterocycles. The molecule has 0 spiro atoms. The van der Waals surface area contributed by atoms with Crippen molar-refractivity contribution in [3.05, 3.63) is 0 Å². The number of carbonyl (C=O) groups excluding carboxylic acids is 1. The number of methoxy groups -OCH3 is 1. The van der Waals surface area contributed by atoms with E-state index in [1.165, 1.54) is 0 Å². The lowest BCUT2D eigenvalue weighted by molar-refractivity contribution is 0.0508. The van der Waals surface area contributed by atoms with Crippen LogP contribution in [0, 0.1) is 5.92 Å². The predicted molar refractivity (Wildman–Crippen MR) is 72.7 cm³/mol. The van der Waals surface area contributed by atoms with Crippen molar-refractivity contribution >= 4 is 6.09 Å². The lowest BCUT2D eigenvalue weighted by Gasteiger charge is -2.22. The molecule has 0 bridgehead atoms. The number of rotatable bonds is 7. The van der Waals surface area contributed by atoms with Crippen molar-refractivity contribution in [1.82, 2.24) is 10.6 Å². The van der Waals surface area contributed by atoms with Crippen molar-refractivity contribution in [1.29, 1.82) is 0 Å².